The predicted molar refractivity (Wildman–Crippen MR) is 79.9 cm³/mol. The average Bonchev–Trinajstić information content (AvgIpc) is 2.38. The van der Waals surface area contributed by atoms with E-state index < -0.39 is 0 Å². The first-order valence-electron chi connectivity index (χ1n) is 7.23. The van der Waals surface area contributed by atoms with Gasteiger partial charge in [0.15, 0.2) is 0 Å². The lowest BCUT2D eigenvalue weighted by Gasteiger charge is -2.37. The first kappa shape index (κ1) is 14.4. The van der Waals surface area contributed by atoms with Crippen molar-refractivity contribution in [1.82, 2.24) is 10.2 Å². The first-order valence-corrected chi connectivity index (χ1v) is 7.23. The summed E-state index contributed by atoms with van der Waals surface area (Å²) in [4.78, 5) is 2.51. The van der Waals surface area contributed by atoms with Gasteiger partial charge in [0.25, 0.3) is 0 Å². The minimum absolute atomic E-state index is 0.580. The molecule has 1 aromatic carbocycles. The van der Waals surface area contributed by atoms with E-state index in [2.05, 4.69) is 56.1 Å². The second kappa shape index (κ2) is 6.40. The maximum atomic E-state index is 5.94. The normalized spacial score (nSPS) is 24.4. The van der Waals surface area contributed by atoms with Gasteiger partial charge in [-0.2, -0.15) is 0 Å². The summed E-state index contributed by atoms with van der Waals surface area (Å²) in [7, 11) is 0. The smallest absolute Gasteiger partial charge is 0.122 e. The van der Waals surface area contributed by atoms with Crippen LogP contribution in [-0.4, -0.2) is 43.2 Å². The molecule has 1 aliphatic rings. The SMILES string of the molecule is Cc1ccc(C)c(OCCN2CC(C)NCC2C)c1. The van der Waals surface area contributed by atoms with Crippen LogP contribution in [0.2, 0.25) is 0 Å². The number of piperazine rings is 1. The van der Waals surface area contributed by atoms with Crippen LogP contribution >= 0.6 is 0 Å². The van der Waals surface area contributed by atoms with Gasteiger partial charge in [-0.05, 0) is 44.9 Å². The van der Waals surface area contributed by atoms with E-state index in [1.54, 1.807) is 0 Å². The van der Waals surface area contributed by atoms with E-state index in [1.165, 1.54) is 11.1 Å². The molecule has 2 atom stereocenters. The molecule has 19 heavy (non-hydrogen) atoms. The Hall–Kier alpha value is -1.06. The molecule has 0 spiro atoms. The third-order valence-electron chi connectivity index (χ3n) is 3.87. The van der Waals surface area contributed by atoms with Crippen LogP contribution < -0.4 is 10.1 Å². The van der Waals surface area contributed by atoms with E-state index in [0.717, 1.165) is 32.0 Å². The number of hydrogen-bond donors (Lipinski definition) is 1. The molecule has 3 nitrogen and oxygen atoms in total. The molecular formula is C16H26N2O. The summed E-state index contributed by atoms with van der Waals surface area (Å²) in [6.45, 7) is 12.7. The highest BCUT2D eigenvalue weighted by atomic mass is 16.5. The van der Waals surface area contributed by atoms with E-state index in [-0.39, 0.29) is 0 Å². The van der Waals surface area contributed by atoms with Crippen molar-refractivity contribution in [3.63, 3.8) is 0 Å². The second-order valence-corrected chi connectivity index (χ2v) is 5.77. The fraction of sp³-hybridized carbons (Fsp3) is 0.625. The topological polar surface area (TPSA) is 24.5 Å². The van der Waals surface area contributed by atoms with E-state index in [4.69, 9.17) is 4.74 Å². The zero-order chi connectivity index (χ0) is 13.8. The third-order valence-corrected chi connectivity index (χ3v) is 3.87. The Morgan fingerprint density at radius 1 is 1.32 bits per heavy atom. The van der Waals surface area contributed by atoms with Crippen LogP contribution in [0.5, 0.6) is 5.75 Å². The lowest BCUT2D eigenvalue weighted by atomic mass is 10.1. The van der Waals surface area contributed by atoms with Crippen molar-refractivity contribution in [2.45, 2.75) is 39.8 Å². The Morgan fingerprint density at radius 2 is 2.11 bits per heavy atom. The summed E-state index contributed by atoms with van der Waals surface area (Å²) in [6.07, 6.45) is 0. The summed E-state index contributed by atoms with van der Waals surface area (Å²) < 4.78 is 5.94. The van der Waals surface area contributed by atoms with Crippen molar-refractivity contribution in [2.24, 2.45) is 0 Å². The summed E-state index contributed by atoms with van der Waals surface area (Å²) in [5.74, 6) is 1.02. The van der Waals surface area contributed by atoms with Crippen LogP contribution in [0.15, 0.2) is 18.2 Å². The van der Waals surface area contributed by atoms with Gasteiger partial charge in [-0.25, -0.2) is 0 Å². The molecule has 0 aromatic heterocycles. The van der Waals surface area contributed by atoms with Gasteiger partial charge in [-0.15, -0.1) is 0 Å². The van der Waals surface area contributed by atoms with Crippen molar-refractivity contribution in [3.05, 3.63) is 29.3 Å². The van der Waals surface area contributed by atoms with Crippen molar-refractivity contribution >= 4 is 0 Å². The largest absolute Gasteiger partial charge is 0.492 e. The van der Waals surface area contributed by atoms with Crippen LogP contribution in [0, 0.1) is 13.8 Å². The number of nitrogens with one attached hydrogen (secondary N) is 1. The maximum absolute atomic E-state index is 5.94. The van der Waals surface area contributed by atoms with Crippen molar-refractivity contribution in [2.75, 3.05) is 26.2 Å². The summed E-state index contributed by atoms with van der Waals surface area (Å²) in [5, 5.41) is 3.50. The standard InChI is InChI=1S/C16H26N2O/c1-12-5-6-13(2)16(9-12)19-8-7-18-11-14(3)17-10-15(18)4/h5-6,9,14-15,17H,7-8,10-11H2,1-4H3. The quantitative estimate of drug-likeness (QED) is 0.901. The highest BCUT2D eigenvalue weighted by Gasteiger charge is 2.21. The number of nitrogens with zero attached hydrogens (tertiary/aromatic N) is 1. The van der Waals surface area contributed by atoms with Crippen molar-refractivity contribution in [3.8, 4) is 5.75 Å². The van der Waals surface area contributed by atoms with Gasteiger partial charge >= 0.3 is 0 Å². The molecule has 0 saturated carbocycles. The lowest BCUT2D eigenvalue weighted by Crippen LogP contribution is -2.55. The van der Waals surface area contributed by atoms with E-state index in [0.29, 0.717) is 12.1 Å². The number of aryl methyl sites for hydroxylation is 2. The molecule has 1 saturated heterocycles. The number of benzene rings is 1. The van der Waals surface area contributed by atoms with Gasteiger partial charge in [0.2, 0.25) is 0 Å². The van der Waals surface area contributed by atoms with Crippen LogP contribution in [-0.2, 0) is 0 Å². The molecule has 1 heterocycles. The molecule has 1 fully saturated rings. The van der Waals surface area contributed by atoms with Gasteiger partial charge in [-0.3, -0.25) is 4.90 Å². The molecule has 3 heteroatoms. The molecule has 1 N–H and O–H groups in total. The highest BCUT2D eigenvalue weighted by molar-refractivity contribution is 5.35. The van der Waals surface area contributed by atoms with E-state index in [9.17, 15) is 0 Å². The molecule has 2 unspecified atom stereocenters. The molecule has 0 radical (unpaired) electrons. The molecule has 2 rings (SSSR count). The average molecular weight is 262 g/mol. The zero-order valence-corrected chi connectivity index (χ0v) is 12.6. The van der Waals surface area contributed by atoms with Gasteiger partial charge in [0.1, 0.15) is 12.4 Å². The third kappa shape index (κ3) is 3.95. The van der Waals surface area contributed by atoms with Crippen LogP contribution in [0.4, 0.5) is 0 Å². The van der Waals surface area contributed by atoms with Gasteiger partial charge in [0, 0.05) is 31.7 Å². The number of hydrogen-bond acceptors (Lipinski definition) is 3. The van der Waals surface area contributed by atoms with Crippen LogP contribution in [0.3, 0.4) is 0 Å². The Bertz CT molecular complexity index is 419. The predicted octanol–water partition coefficient (Wildman–Crippen LogP) is 2.36. The fourth-order valence-electron chi connectivity index (χ4n) is 2.54. The minimum atomic E-state index is 0.580. The van der Waals surface area contributed by atoms with Crippen molar-refractivity contribution < 1.29 is 4.74 Å². The second-order valence-electron chi connectivity index (χ2n) is 5.77. The molecule has 0 amide bonds. The monoisotopic (exact) mass is 262 g/mol. The molecule has 106 valence electrons. The van der Waals surface area contributed by atoms with Gasteiger partial charge < -0.3 is 10.1 Å². The van der Waals surface area contributed by atoms with Crippen molar-refractivity contribution in [1.29, 1.82) is 0 Å². The Labute approximate surface area is 116 Å². The fourth-order valence-corrected chi connectivity index (χ4v) is 2.54. The summed E-state index contributed by atoms with van der Waals surface area (Å²) in [5.41, 5.74) is 2.47. The lowest BCUT2D eigenvalue weighted by molar-refractivity contribution is 0.122. The maximum Gasteiger partial charge on any atom is 0.122 e. The summed E-state index contributed by atoms with van der Waals surface area (Å²) >= 11 is 0. The first-order chi connectivity index (χ1) is 9.06. The molecule has 0 bridgehead atoms. The van der Waals surface area contributed by atoms with Gasteiger partial charge in [-0.1, -0.05) is 12.1 Å². The molecular weight excluding hydrogens is 236 g/mol. The summed E-state index contributed by atoms with van der Waals surface area (Å²) in [6, 6.07) is 7.55. The van der Waals surface area contributed by atoms with E-state index in [1.807, 2.05) is 0 Å². The molecule has 1 aromatic rings. The number of ether oxygens (including phenoxy) is 1. The minimum Gasteiger partial charge on any atom is -0.492 e. The number of rotatable bonds is 4. The molecule has 1 aliphatic heterocycles. The Morgan fingerprint density at radius 3 is 2.89 bits per heavy atom. The Kier molecular flexibility index (Phi) is 4.83. The zero-order valence-electron chi connectivity index (χ0n) is 12.6. The van der Waals surface area contributed by atoms with Gasteiger partial charge in [0.05, 0.1) is 0 Å². The van der Waals surface area contributed by atoms with E-state index >= 15 is 0 Å². The Balaban J connectivity index is 1.84. The highest BCUT2D eigenvalue weighted by Crippen LogP contribution is 2.19. The van der Waals surface area contributed by atoms with Crippen LogP contribution in [0.25, 0.3) is 0 Å². The van der Waals surface area contributed by atoms with Crippen LogP contribution in [0.1, 0.15) is 25.0 Å². The molecule has 0 aliphatic carbocycles.